The summed E-state index contributed by atoms with van der Waals surface area (Å²) in [5, 5.41) is 5.27. The minimum atomic E-state index is -4.53. The zero-order chi connectivity index (χ0) is 19.2. The van der Waals surface area contributed by atoms with E-state index in [9.17, 15) is 18.0 Å². The maximum Gasteiger partial charge on any atom is 0.433 e. The maximum absolute atomic E-state index is 12.7. The second kappa shape index (κ2) is 8.41. The van der Waals surface area contributed by atoms with Crippen LogP contribution < -0.4 is 9.47 Å². The van der Waals surface area contributed by atoms with Gasteiger partial charge in [0.05, 0.1) is 27.0 Å². The lowest BCUT2D eigenvalue weighted by Gasteiger charge is -2.07. The summed E-state index contributed by atoms with van der Waals surface area (Å²) >= 11 is 0. The van der Waals surface area contributed by atoms with Crippen LogP contribution in [0.5, 0.6) is 11.5 Å². The van der Waals surface area contributed by atoms with Gasteiger partial charge >= 0.3 is 12.1 Å². The van der Waals surface area contributed by atoms with E-state index in [4.69, 9.17) is 14.2 Å². The van der Waals surface area contributed by atoms with Crippen LogP contribution in [-0.4, -0.2) is 37.0 Å². The number of nitrogens with zero attached hydrogens (tertiary/aromatic N) is 1. The van der Waals surface area contributed by atoms with Gasteiger partial charge in [0.15, 0.2) is 0 Å². The van der Waals surface area contributed by atoms with E-state index in [-0.39, 0.29) is 18.6 Å². The van der Waals surface area contributed by atoms with Crippen molar-refractivity contribution in [3.8, 4) is 11.5 Å². The molecule has 0 bridgehead atoms. The van der Waals surface area contributed by atoms with Crippen molar-refractivity contribution in [3.63, 3.8) is 0 Å². The molecule has 0 saturated carbocycles. The first-order chi connectivity index (χ1) is 12.3. The summed E-state index contributed by atoms with van der Waals surface area (Å²) in [4.78, 5) is 11.7. The lowest BCUT2D eigenvalue weighted by Crippen LogP contribution is -2.11. The van der Waals surface area contributed by atoms with Gasteiger partial charge in [0.25, 0.3) is 0 Å². The highest BCUT2D eigenvalue weighted by molar-refractivity contribution is 5.87. The Kier molecular flexibility index (Phi) is 6.26. The molecule has 9 heteroatoms. The molecule has 0 aliphatic rings. The summed E-state index contributed by atoms with van der Waals surface area (Å²) in [7, 11) is 3.00. The Balaban J connectivity index is 1.91. The van der Waals surface area contributed by atoms with Crippen molar-refractivity contribution >= 4 is 12.0 Å². The summed E-state index contributed by atoms with van der Waals surface area (Å²) < 4.78 is 53.2. The molecule has 0 aliphatic carbocycles. The topological polar surface area (TPSA) is 73.4 Å². The van der Waals surface area contributed by atoms with Crippen LogP contribution in [0.4, 0.5) is 13.2 Å². The zero-order valence-electron chi connectivity index (χ0n) is 14.1. The molecular formula is C17H17F3N2O4. The molecule has 6 nitrogen and oxygen atoms in total. The van der Waals surface area contributed by atoms with Gasteiger partial charge in [-0.2, -0.15) is 18.3 Å². The Morgan fingerprint density at radius 3 is 2.42 bits per heavy atom. The van der Waals surface area contributed by atoms with Crippen molar-refractivity contribution in [1.29, 1.82) is 0 Å². The number of nitrogens with one attached hydrogen (secondary N) is 1. The molecule has 0 amide bonds. The number of halogens is 3. The van der Waals surface area contributed by atoms with Crippen LogP contribution in [0.2, 0.25) is 0 Å². The molecule has 2 aromatic rings. The van der Waals surface area contributed by atoms with Crippen molar-refractivity contribution in [2.75, 3.05) is 20.8 Å². The Morgan fingerprint density at radius 2 is 1.85 bits per heavy atom. The van der Waals surface area contributed by atoms with E-state index in [0.29, 0.717) is 17.1 Å². The summed E-state index contributed by atoms with van der Waals surface area (Å²) in [5.41, 5.74) is -0.355. The van der Waals surface area contributed by atoms with Gasteiger partial charge in [0.2, 0.25) is 0 Å². The number of esters is 1. The molecule has 0 fully saturated rings. The fourth-order valence-electron chi connectivity index (χ4n) is 2.15. The lowest BCUT2D eigenvalue weighted by molar-refractivity contribution is -0.141. The molecule has 140 valence electrons. The summed E-state index contributed by atoms with van der Waals surface area (Å²) in [6.07, 6.45) is -0.894. The van der Waals surface area contributed by atoms with E-state index in [2.05, 4.69) is 5.10 Å². The number of ether oxygens (including phenoxy) is 3. The third kappa shape index (κ3) is 5.27. The SMILES string of the molecule is COc1cc(/C=C/C(=O)OCCc2cn[nH]c2C(F)(F)F)cc(OC)c1. The third-order valence-electron chi connectivity index (χ3n) is 3.40. The molecule has 0 saturated heterocycles. The quantitative estimate of drug-likeness (QED) is 0.598. The first kappa shape index (κ1) is 19.4. The number of carbonyl (C=O) groups excluding carboxylic acids is 1. The predicted molar refractivity (Wildman–Crippen MR) is 86.8 cm³/mol. The predicted octanol–water partition coefficient (Wildman–Crippen LogP) is 3.24. The van der Waals surface area contributed by atoms with Gasteiger partial charge in [-0.15, -0.1) is 0 Å². The van der Waals surface area contributed by atoms with E-state index < -0.39 is 17.8 Å². The fraction of sp³-hybridized carbons (Fsp3) is 0.294. The number of H-pyrrole nitrogens is 1. The van der Waals surface area contributed by atoms with E-state index in [1.807, 2.05) is 5.10 Å². The van der Waals surface area contributed by atoms with Gasteiger partial charge in [-0.3, -0.25) is 5.10 Å². The first-order valence-corrected chi connectivity index (χ1v) is 7.51. The largest absolute Gasteiger partial charge is 0.497 e. The smallest absolute Gasteiger partial charge is 0.433 e. The van der Waals surface area contributed by atoms with Crippen molar-refractivity contribution in [2.45, 2.75) is 12.6 Å². The molecule has 1 aromatic carbocycles. The van der Waals surface area contributed by atoms with Crippen LogP contribution in [0.25, 0.3) is 6.08 Å². The fourth-order valence-corrected chi connectivity index (χ4v) is 2.15. The molecule has 0 radical (unpaired) electrons. The van der Waals surface area contributed by atoms with Crippen LogP contribution in [-0.2, 0) is 22.1 Å². The molecule has 0 atom stereocenters. The van der Waals surface area contributed by atoms with E-state index in [0.717, 1.165) is 6.20 Å². The zero-order valence-corrected chi connectivity index (χ0v) is 14.1. The van der Waals surface area contributed by atoms with Gasteiger partial charge in [-0.05, 0) is 23.8 Å². The summed E-state index contributed by atoms with van der Waals surface area (Å²) in [6, 6.07) is 5.06. The maximum atomic E-state index is 12.7. The molecule has 0 spiro atoms. The van der Waals surface area contributed by atoms with Crippen LogP contribution in [0.3, 0.4) is 0 Å². The first-order valence-electron chi connectivity index (χ1n) is 7.51. The molecule has 1 N–H and O–H groups in total. The van der Waals surface area contributed by atoms with Crippen LogP contribution in [0.15, 0.2) is 30.5 Å². The molecule has 0 unspecified atom stereocenters. The highest BCUT2D eigenvalue weighted by Crippen LogP contribution is 2.30. The number of hydrogen-bond acceptors (Lipinski definition) is 5. The molecule has 1 aromatic heterocycles. The number of hydrogen-bond donors (Lipinski definition) is 1. The molecule has 0 aliphatic heterocycles. The second-order valence-electron chi connectivity index (χ2n) is 5.16. The lowest BCUT2D eigenvalue weighted by atomic mass is 10.2. The minimum Gasteiger partial charge on any atom is -0.497 e. The number of methoxy groups -OCH3 is 2. The van der Waals surface area contributed by atoms with Crippen LogP contribution in [0.1, 0.15) is 16.8 Å². The summed E-state index contributed by atoms with van der Waals surface area (Å²) in [5.74, 6) is 0.429. The highest BCUT2D eigenvalue weighted by Gasteiger charge is 2.35. The normalized spacial score (nSPS) is 11.6. The van der Waals surface area contributed by atoms with Gasteiger partial charge in [0.1, 0.15) is 17.2 Å². The van der Waals surface area contributed by atoms with Crippen LogP contribution in [0, 0.1) is 0 Å². The average Bonchev–Trinajstić information content (AvgIpc) is 3.08. The number of carbonyl (C=O) groups is 1. The standard InChI is InChI=1S/C17H17F3N2O4/c1-24-13-7-11(8-14(9-13)25-2)3-4-15(23)26-6-5-12-10-21-22-16(12)17(18,19)20/h3-4,7-10H,5-6H2,1-2H3,(H,21,22)/b4-3+. The Morgan fingerprint density at radius 1 is 1.19 bits per heavy atom. The monoisotopic (exact) mass is 370 g/mol. The van der Waals surface area contributed by atoms with Crippen molar-refractivity contribution < 1.29 is 32.2 Å². The van der Waals surface area contributed by atoms with Gasteiger partial charge in [-0.25, -0.2) is 4.79 Å². The summed E-state index contributed by atoms with van der Waals surface area (Å²) in [6.45, 7) is -0.201. The van der Waals surface area contributed by atoms with Crippen molar-refractivity contribution in [2.24, 2.45) is 0 Å². The minimum absolute atomic E-state index is 0.0631. The second-order valence-corrected chi connectivity index (χ2v) is 5.16. The van der Waals surface area contributed by atoms with Gasteiger partial charge < -0.3 is 14.2 Å². The number of rotatable bonds is 7. The van der Waals surface area contributed by atoms with Crippen molar-refractivity contribution in [3.05, 3.63) is 47.3 Å². The Labute approximate surface area is 147 Å². The Hall–Kier alpha value is -2.97. The van der Waals surface area contributed by atoms with Gasteiger partial charge in [0, 0.05) is 24.1 Å². The van der Waals surface area contributed by atoms with Crippen molar-refractivity contribution in [1.82, 2.24) is 10.2 Å². The Bertz CT molecular complexity index is 762. The molecule has 26 heavy (non-hydrogen) atoms. The number of benzene rings is 1. The highest BCUT2D eigenvalue weighted by atomic mass is 19.4. The molecule has 1 heterocycles. The van der Waals surface area contributed by atoms with E-state index >= 15 is 0 Å². The molecular weight excluding hydrogens is 353 g/mol. The number of aromatic amines is 1. The van der Waals surface area contributed by atoms with E-state index in [1.54, 1.807) is 18.2 Å². The molecule has 2 rings (SSSR count). The van der Waals surface area contributed by atoms with E-state index in [1.165, 1.54) is 26.4 Å². The number of aromatic nitrogens is 2. The van der Waals surface area contributed by atoms with Crippen LogP contribution >= 0.6 is 0 Å². The average molecular weight is 370 g/mol. The van der Waals surface area contributed by atoms with Gasteiger partial charge in [-0.1, -0.05) is 0 Å². The number of alkyl halides is 3. The third-order valence-corrected chi connectivity index (χ3v) is 3.40.